The van der Waals surface area contributed by atoms with Gasteiger partial charge in [-0.2, -0.15) is 4.98 Å². The van der Waals surface area contributed by atoms with E-state index in [1.165, 1.54) is 6.07 Å². The van der Waals surface area contributed by atoms with E-state index in [9.17, 15) is 4.39 Å². The summed E-state index contributed by atoms with van der Waals surface area (Å²) >= 11 is 0. The van der Waals surface area contributed by atoms with Gasteiger partial charge in [-0.25, -0.2) is 9.37 Å². The minimum Gasteiger partial charge on any atom is -0.481 e. The number of rotatable bonds is 5. The lowest BCUT2D eigenvalue weighted by Gasteiger charge is -2.14. The molecule has 0 aliphatic carbocycles. The fraction of sp³-hybridized carbons (Fsp3) is 0.286. The van der Waals surface area contributed by atoms with Gasteiger partial charge in [-0.15, -0.1) is 0 Å². The summed E-state index contributed by atoms with van der Waals surface area (Å²) in [5, 5.41) is 3.03. The minimum absolute atomic E-state index is 0.249. The molecule has 0 saturated carbocycles. The molecule has 2 rings (SSSR count). The summed E-state index contributed by atoms with van der Waals surface area (Å²) in [7, 11) is 5.16. The van der Waals surface area contributed by atoms with Crippen molar-refractivity contribution in [1.29, 1.82) is 0 Å². The molecule has 0 aliphatic heterocycles. The predicted molar refractivity (Wildman–Crippen MR) is 76.6 cm³/mol. The molecule has 0 aliphatic rings. The first-order valence-electron chi connectivity index (χ1n) is 6.17. The summed E-state index contributed by atoms with van der Waals surface area (Å²) in [6.07, 6.45) is 1.60. The van der Waals surface area contributed by atoms with Crippen LogP contribution in [0.15, 0.2) is 30.5 Å². The second-order valence-corrected chi connectivity index (χ2v) is 4.46. The van der Waals surface area contributed by atoms with Gasteiger partial charge < -0.3 is 15.0 Å². The van der Waals surface area contributed by atoms with E-state index in [1.807, 2.05) is 6.07 Å². The third kappa shape index (κ3) is 3.34. The molecule has 106 valence electrons. The van der Waals surface area contributed by atoms with Crippen LogP contribution < -0.4 is 15.0 Å². The van der Waals surface area contributed by atoms with Crippen molar-refractivity contribution in [3.8, 4) is 5.88 Å². The summed E-state index contributed by atoms with van der Waals surface area (Å²) in [6.45, 7) is 0.442. The Morgan fingerprint density at radius 2 is 2.10 bits per heavy atom. The van der Waals surface area contributed by atoms with Gasteiger partial charge in [0.2, 0.25) is 11.8 Å². The van der Waals surface area contributed by atoms with E-state index in [2.05, 4.69) is 15.3 Å². The van der Waals surface area contributed by atoms with Crippen LogP contribution >= 0.6 is 0 Å². The molecule has 1 aromatic carbocycles. The third-order valence-corrected chi connectivity index (χ3v) is 2.78. The Kier molecular flexibility index (Phi) is 4.34. The Hall–Kier alpha value is -2.37. The van der Waals surface area contributed by atoms with Crippen LogP contribution in [0.25, 0.3) is 0 Å². The molecule has 0 unspecified atom stereocenters. The molecular weight excluding hydrogens is 259 g/mol. The van der Waals surface area contributed by atoms with Crippen LogP contribution in [0.2, 0.25) is 0 Å². The average molecular weight is 276 g/mol. The smallest absolute Gasteiger partial charge is 0.226 e. The molecule has 0 bridgehead atoms. The van der Waals surface area contributed by atoms with Gasteiger partial charge in [-0.05, 0) is 17.7 Å². The number of anilines is 2. The molecule has 0 saturated heterocycles. The van der Waals surface area contributed by atoms with Crippen LogP contribution in [0.1, 0.15) is 5.56 Å². The molecule has 0 fully saturated rings. The van der Waals surface area contributed by atoms with Gasteiger partial charge in [0, 0.05) is 32.9 Å². The van der Waals surface area contributed by atoms with Crippen molar-refractivity contribution in [3.05, 3.63) is 41.8 Å². The second-order valence-electron chi connectivity index (χ2n) is 4.46. The number of hydrogen-bond acceptors (Lipinski definition) is 5. The van der Waals surface area contributed by atoms with E-state index in [0.717, 1.165) is 5.56 Å². The number of methoxy groups -OCH3 is 1. The zero-order chi connectivity index (χ0) is 14.5. The van der Waals surface area contributed by atoms with E-state index in [0.29, 0.717) is 24.1 Å². The first-order chi connectivity index (χ1) is 9.60. The maximum Gasteiger partial charge on any atom is 0.226 e. The molecule has 1 N–H and O–H groups in total. The van der Waals surface area contributed by atoms with Gasteiger partial charge in [-0.3, -0.25) is 0 Å². The van der Waals surface area contributed by atoms with Crippen molar-refractivity contribution in [2.24, 2.45) is 0 Å². The summed E-state index contributed by atoms with van der Waals surface area (Å²) in [6, 6.07) is 6.78. The number of nitrogens with zero attached hydrogens (tertiary/aromatic N) is 3. The third-order valence-electron chi connectivity index (χ3n) is 2.78. The Morgan fingerprint density at radius 3 is 2.75 bits per heavy atom. The number of ether oxygens (including phenoxy) is 1. The van der Waals surface area contributed by atoms with Gasteiger partial charge in [0.05, 0.1) is 12.8 Å². The molecule has 1 heterocycles. The average Bonchev–Trinajstić information content (AvgIpc) is 2.45. The van der Waals surface area contributed by atoms with Crippen molar-refractivity contribution in [2.75, 3.05) is 31.4 Å². The Balaban J connectivity index is 2.05. The van der Waals surface area contributed by atoms with Gasteiger partial charge in [0.15, 0.2) is 0 Å². The van der Waals surface area contributed by atoms with Crippen LogP contribution in [-0.4, -0.2) is 31.2 Å². The fourth-order valence-corrected chi connectivity index (χ4v) is 1.75. The molecule has 0 spiro atoms. The van der Waals surface area contributed by atoms with Crippen LogP contribution in [-0.2, 0) is 6.54 Å². The van der Waals surface area contributed by atoms with Crippen LogP contribution in [0.4, 0.5) is 16.0 Å². The number of halogens is 1. The topological polar surface area (TPSA) is 50.3 Å². The lowest BCUT2D eigenvalue weighted by atomic mass is 10.2. The first kappa shape index (κ1) is 14.0. The van der Waals surface area contributed by atoms with Gasteiger partial charge in [0.1, 0.15) is 5.82 Å². The van der Waals surface area contributed by atoms with E-state index >= 15 is 0 Å². The Morgan fingerprint density at radius 1 is 1.30 bits per heavy atom. The molecule has 2 aromatic rings. The van der Waals surface area contributed by atoms with E-state index in [-0.39, 0.29) is 5.82 Å². The van der Waals surface area contributed by atoms with Crippen molar-refractivity contribution in [3.63, 3.8) is 0 Å². The Labute approximate surface area is 117 Å². The largest absolute Gasteiger partial charge is 0.481 e. The second kappa shape index (κ2) is 6.18. The molecule has 0 amide bonds. The first-order valence-corrected chi connectivity index (χ1v) is 6.17. The van der Waals surface area contributed by atoms with Gasteiger partial charge in [-0.1, -0.05) is 6.07 Å². The molecule has 6 heteroatoms. The van der Waals surface area contributed by atoms with Crippen LogP contribution in [0.5, 0.6) is 5.88 Å². The molecule has 0 radical (unpaired) electrons. The maximum atomic E-state index is 13.8. The van der Waals surface area contributed by atoms with Gasteiger partial charge in [0.25, 0.3) is 0 Å². The highest BCUT2D eigenvalue weighted by atomic mass is 19.1. The fourth-order valence-electron chi connectivity index (χ4n) is 1.75. The number of benzene rings is 1. The highest BCUT2D eigenvalue weighted by Gasteiger charge is 2.06. The van der Waals surface area contributed by atoms with E-state index in [1.54, 1.807) is 44.4 Å². The molecule has 20 heavy (non-hydrogen) atoms. The van der Waals surface area contributed by atoms with Crippen molar-refractivity contribution >= 4 is 11.6 Å². The standard InChI is InChI=1S/C14H17FN4O/c1-19(2)12-5-4-10(8-11(12)15)9-17-14-16-7-6-13(18-14)20-3/h4-8H,9H2,1-3H3,(H,16,17,18). The van der Waals surface area contributed by atoms with Crippen molar-refractivity contribution < 1.29 is 9.13 Å². The lowest BCUT2D eigenvalue weighted by molar-refractivity contribution is 0.397. The predicted octanol–water partition coefficient (Wildman–Crippen LogP) is 2.30. The van der Waals surface area contributed by atoms with Crippen molar-refractivity contribution in [1.82, 2.24) is 9.97 Å². The van der Waals surface area contributed by atoms with Crippen LogP contribution in [0, 0.1) is 5.82 Å². The lowest BCUT2D eigenvalue weighted by Crippen LogP contribution is -2.11. The van der Waals surface area contributed by atoms with E-state index in [4.69, 9.17) is 4.74 Å². The molecule has 1 aromatic heterocycles. The highest BCUT2D eigenvalue weighted by molar-refractivity contribution is 5.48. The van der Waals surface area contributed by atoms with Gasteiger partial charge >= 0.3 is 0 Å². The summed E-state index contributed by atoms with van der Waals surface area (Å²) in [4.78, 5) is 9.93. The van der Waals surface area contributed by atoms with Crippen molar-refractivity contribution in [2.45, 2.75) is 6.54 Å². The number of aromatic nitrogens is 2. The maximum absolute atomic E-state index is 13.8. The zero-order valence-corrected chi connectivity index (χ0v) is 11.7. The molecule has 5 nitrogen and oxygen atoms in total. The minimum atomic E-state index is -0.249. The Bertz CT molecular complexity index is 589. The normalized spacial score (nSPS) is 10.2. The zero-order valence-electron chi connectivity index (χ0n) is 11.7. The number of hydrogen-bond donors (Lipinski definition) is 1. The quantitative estimate of drug-likeness (QED) is 0.908. The molecule has 0 atom stereocenters. The summed E-state index contributed by atoms with van der Waals surface area (Å²) in [5.41, 5.74) is 1.38. The monoisotopic (exact) mass is 276 g/mol. The van der Waals surface area contributed by atoms with E-state index < -0.39 is 0 Å². The van der Waals surface area contributed by atoms with Crippen LogP contribution in [0.3, 0.4) is 0 Å². The highest BCUT2D eigenvalue weighted by Crippen LogP contribution is 2.18. The molecular formula is C14H17FN4O. The number of nitrogens with one attached hydrogen (secondary N) is 1. The summed E-state index contributed by atoms with van der Waals surface area (Å²) in [5.74, 6) is 0.680. The summed E-state index contributed by atoms with van der Waals surface area (Å²) < 4.78 is 18.8. The SMILES string of the molecule is COc1ccnc(NCc2ccc(N(C)C)c(F)c2)n1.